The summed E-state index contributed by atoms with van der Waals surface area (Å²) in [6.45, 7) is 8.38. The van der Waals surface area contributed by atoms with Gasteiger partial charge < -0.3 is 14.5 Å². The predicted octanol–water partition coefficient (Wildman–Crippen LogP) is 2.02. The first-order valence-electron chi connectivity index (χ1n) is 6.39. The van der Waals surface area contributed by atoms with Gasteiger partial charge in [-0.25, -0.2) is 4.98 Å². The van der Waals surface area contributed by atoms with Crippen molar-refractivity contribution in [3.05, 3.63) is 41.7 Å². The number of nitrogens with zero attached hydrogens (tertiary/aromatic N) is 3. The lowest BCUT2D eigenvalue weighted by molar-refractivity contribution is 0.475. The fourth-order valence-corrected chi connectivity index (χ4v) is 2.17. The smallest absolute Gasteiger partial charge is 0.0946 e. The van der Waals surface area contributed by atoms with Crippen LogP contribution in [0.2, 0.25) is 0 Å². The van der Waals surface area contributed by atoms with Gasteiger partial charge in [-0.15, -0.1) is 0 Å². The van der Waals surface area contributed by atoms with Gasteiger partial charge >= 0.3 is 0 Å². The predicted molar refractivity (Wildman–Crippen MR) is 73.4 cm³/mol. The number of nitrogens with one attached hydrogen (secondary N) is 1. The van der Waals surface area contributed by atoms with E-state index in [1.807, 2.05) is 18.7 Å². The molecule has 0 bridgehead atoms. The van der Waals surface area contributed by atoms with E-state index in [1.165, 1.54) is 17.0 Å². The minimum absolute atomic E-state index is 0.430. The molecule has 1 unspecified atom stereocenters. The Morgan fingerprint density at radius 3 is 2.72 bits per heavy atom. The van der Waals surface area contributed by atoms with Crippen LogP contribution in [0.3, 0.4) is 0 Å². The highest BCUT2D eigenvalue weighted by molar-refractivity contribution is 5.26. The molecule has 0 fully saturated rings. The Morgan fingerprint density at radius 2 is 2.17 bits per heavy atom. The van der Waals surface area contributed by atoms with Crippen molar-refractivity contribution in [3.8, 4) is 0 Å². The van der Waals surface area contributed by atoms with E-state index in [-0.39, 0.29) is 0 Å². The quantitative estimate of drug-likeness (QED) is 0.876. The van der Waals surface area contributed by atoms with Crippen molar-refractivity contribution in [2.45, 2.75) is 39.9 Å². The Labute approximate surface area is 109 Å². The molecule has 2 heterocycles. The largest absolute Gasteiger partial charge is 0.352 e. The van der Waals surface area contributed by atoms with Gasteiger partial charge in [-0.1, -0.05) is 0 Å². The zero-order valence-corrected chi connectivity index (χ0v) is 11.6. The summed E-state index contributed by atoms with van der Waals surface area (Å²) < 4.78 is 4.33. The number of aromatic nitrogens is 3. The van der Waals surface area contributed by atoms with Crippen molar-refractivity contribution in [2.24, 2.45) is 7.05 Å². The first-order valence-corrected chi connectivity index (χ1v) is 6.39. The Kier molecular flexibility index (Phi) is 3.87. The van der Waals surface area contributed by atoms with E-state index in [4.69, 9.17) is 0 Å². The van der Waals surface area contributed by atoms with Gasteiger partial charge in [0.2, 0.25) is 0 Å². The molecular formula is C14H22N4. The van der Waals surface area contributed by atoms with Crippen molar-refractivity contribution in [3.63, 3.8) is 0 Å². The highest BCUT2D eigenvalue weighted by Crippen LogP contribution is 2.13. The van der Waals surface area contributed by atoms with E-state index in [1.54, 1.807) is 0 Å². The molecule has 2 aromatic rings. The Morgan fingerprint density at radius 1 is 1.39 bits per heavy atom. The Balaban J connectivity index is 1.89. The molecule has 0 spiro atoms. The number of rotatable bonds is 5. The zero-order valence-electron chi connectivity index (χ0n) is 11.6. The van der Waals surface area contributed by atoms with Gasteiger partial charge in [-0.05, 0) is 32.4 Å². The second-order valence-electron chi connectivity index (χ2n) is 5.00. The van der Waals surface area contributed by atoms with Crippen LogP contribution < -0.4 is 5.32 Å². The lowest BCUT2D eigenvalue weighted by Gasteiger charge is -2.14. The number of hydrogen-bond acceptors (Lipinski definition) is 2. The highest BCUT2D eigenvalue weighted by atomic mass is 15.1. The molecule has 0 saturated heterocycles. The molecule has 0 radical (unpaired) electrons. The van der Waals surface area contributed by atoms with Crippen LogP contribution in [0, 0.1) is 13.8 Å². The van der Waals surface area contributed by atoms with Gasteiger partial charge in [0.05, 0.1) is 6.33 Å². The Hall–Kier alpha value is -1.55. The topological polar surface area (TPSA) is 34.8 Å². The van der Waals surface area contributed by atoms with Gasteiger partial charge in [-0.3, -0.25) is 0 Å². The van der Waals surface area contributed by atoms with Crippen LogP contribution in [0.4, 0.5) is 0 Å². The molecule has 0 aliphatic rings. The maximum absolute atomic E-state index is 4.05. The first kappa shape index (κ1) is 12.9. The number of hydrogen-bond donors (Lipinski definition) is 1. The SMILES string of the molecule is Cc1cc(CNC(C)Cn2ccnc2)c(C)n1C. The Bertz CT molecular complexity index is 496. The third-order valence-electron chi connectivity index (χ3n) is 3.56. The van der Waals surface area contributed by atoms with Gasteiger partial charge in [0, 0.05) is 50.0 Å². The molecule has 1 atom stereocenters. The third kappa shape index (κ3) is 2.82. The van der Waals surface area contributed by atoms with Crippen LogP contribution >= 0.6 is 0 Å². The van der Waals surface area contributed by atoms with Gasteiger partial charge in [0.15, 0.2) is 0 Å². The molecule has 0 saturated carbocycles. The molecule has 0 aromatic carbocycles. The van der Waals surface area contributed by atoms with E-state index >= 15 is 0 Å². The monoisotopic (exact) mass is 246 g/mol. The average molecular weight is 246 g/mol. The summed E-state index contributed by atoms with van der Waals surface area (Å²) in [6, 6.07) is 2.69. The normalized spacial score (nSPS) is 12.9. The molecule has 2 aromatic heterocycles. The van der Waals surface area contributed by atoms with E-state index in [9.17, 15) is 0 Å². The summed E-state index contributed by atoms with van der Waals surface area (Å²) in [5, 5.41) is 3.56. The minimum Gasteiger partial charge on any atom is -0.352 e. The summed E-state index contributed by atoms with van der Waals surface area (Å²) in [4.78, 5) is 4.05. The lowest BCUT2D eigenvalue weighted by Crippen LogP contribution is -2.29. The second kappa shape index (κ2) is 5.40. The van der Waals surface area contributed by atoms with Gasteiger partial charge in [-0.2, -0.15) is 0 Å². The molecule has 0 aliphatic heterocycles. The molecule has 2 rings (SSSR count). The van der Waals surface area contributed by atoms with Gasteiger partial charge in [0.25, 0.3) is 0 Å². The fourth-order valence-electron chi connectivity index (χ4n) is 2.17. The number of imidazole rings is 1. The molecule has 4 heteroatoms. The van der Waals surface area contributed by atoms with Crippen LogP contribution in [0.15, 0.2) is 24.8 Å². The standard InChI is InChI=1S/C14H22N4/c1-11(9-18-6-5-15-10-18)16-8-14-7-12(2)17(4)13(14)3/h5-7,10-11,16H,8-9H2,1-4H3. The molecule has 1 N–H and O–H groups in total. The van der Waals surface area contributed by atoms with Crippen molar-refractivity contribution >= 4 is 0 Å². The lowest BCUT2D eigenvalue weighted by atomic mass is 10.2. The van der Waals surface area contributed by atoms with Gasteiger partial charge in [0.1, 0.15) is 0 Å². The first-order chi connectivity index (χ1) is 8.58. The highest BCUT2D eigenvalue weighted by Gasteiger charge is 2.07. The van der Waals surface area contributed by atoms with Crippen LogP contribution in [0.25, 0.3) is 0 Å². The van der Waals surface area contributed by atoms with Crippen LogP contribution in [0.5, 0.6) is 0 Å². The third-order valence-corrected chi connectivity index (χ3v) is 3.56. The molecule has 18 heavy (non-hydrogen) atoms. The van der Waals surface area contributed by atoms with Crippen LogP contribution in [-0.4, -0.2) is 20.2 Å². The minimum atomic E-state index is 0.430. The molecule has 4 nitrogen and oxygen atoms in total. The maximum Gasteiger partial charge on any atom is 0.0946 e. The summed E-state index contributed by atoms with van der Waals surface area (Å²) in [5.74, 6) is 0. The van der Waals surface area contributed by atoms with Crippen LogP contribution in [-0.2, 0) is 20.1 Å². The van der Waals surface area contributed by atoms with E-state index in [2.05, 4.69) is 53.3 Å². The molecule has 0 amide bonds. The molecular weight excluding hydrogens is 224 g/mol. The van der Waals surface area contributed by atoms with E-state index in [0.717, 1.165) is 13.1 Å². The number of aryl methyl sites for hydroxylation is 1. The fraction of sp³-hybridized carbons (Fsp3) is 0.500. The van der Waals surface area contributed by atoms with Crippen molar-refractivity contribution in [2.75, 3.05) is 0 Å². The maximum atomic E-state index is 4.05. The summed E-state index contributed by atoms with van der Waals surface area (Å²) in [6.07, 6.45) is 5.67. The van der Waals surface area contributed by atoms with E-state index < -0.39 is 0 Å². The molecule has 0 aliphatic carbocycles. The van der Waals surface area contributed by atoms with Crippen molar-refractivity contribution in [1.29, 1.82) is 0 Å². The summed E-state index contributed by atoms with van der Waals surface area (Å²) in [5.41, 5.74) is 4.04. The average Bonchev–Trinajstić information content (AvgIpc) is 2.92. The summed E-state index contributed by atoms with van der Waals surface area (Å²) in [7, 11) is 2.11. The zero-order chi connectivity index (χ0) is 13.1. The second-order valence-corrected chi connectivity index (χ2v) is 5.00. The van der Waals surface area contributed by atoms with Crippen molar-refractivity contribution < 1.29 is 0 Å². The van der Waals surface area contributed by atoms with Crippen molar-refractivity contribution in [1.82, 2.24) is 19.4 Å². The van der Waals surface area contributed by atoms with Crippen LogP contribution in [0.1, 0.15) is 23.9 Å². The summed E-state index contributed by atoms with van der Waals surface area (Å²) >= 11 is 0. The molecule has 98 valence electrons. The van der Waals surface area contributed by atoms with E-state index in [0.29, 0.717) is 6.04 Å².